The Labute approximate surface area is 62.8 Å². The molecule has 0 saturated carbocycles. The average Bonchev–Trinajstić information content (AvgIpc) is 1.86. The van der Waals surface area contributed by atoms with Crippen LogP contribution < -0.4 is 5.73 Å². The van der Waals surface area contributed by atoms with Crippen LogP contribution in [0.2, 0.25) is 0 Å². The molecule has 0 fully saturated rings. The maximum Gasteiger partial charge on any atom is 0.165 e. The quantitative estimate of drug-likeness (QED) is 0.418. The number of nitrogens with two attached hydrogens (primary N) is 1. The number of nitrogens with zero attached hydrogens (tertiary/aromatic N) is 2. The second-order valence-electron chi connectivity index (χ2n) is 0.898. The Bertz CT molecular complexity index is 113. The van der Waals surface area contributed by atoms with Crippen molar-refractivity contribution in [1.82, 2.24) is 15.4 Å². The molecule has 0 unspecified atom stereocenters. The zero-order chi connectivity index (χ0) is 4.41. The van der Waals surface area contributed by atoms with Gasteiger partial charge in [0, 0.05) is 29.6 Å². The van der Waals surface area contributed by atoms with Crippen molar-refractivity contribution in [2.45, 2.75) is 0 Å². The molecule has 0 bridgehead atoms. The average molecular weight is 107 g/mol. The van der Waals surface area contributed by atoms with Gasteiger partial charge in [-0.05, 0) is 0 Å². The van der Waals surface area contributed by atoms with Gasteiger partial charge in [-0.25, -0.2) is 0 Å². The molecule has 7 heavy (non-hydrogen) atoms. The molecule has 0 aliphatic carbocycles. The van der Waals surface area contributed by atoms with Crippen LogP contribution in [0.4, 0.5) is 5.82 Å². The third-order valence-electron chi connectivity index (χ3n) is 0.436. The normalized spacial score (nSPS) is 7.43. The van der Waals surface area contributed by atoms with E-state index in [0.717, 1.165) is 0 Å². The number of H-pyrrole nitrogens is 1. The summed E-state index contributed by atoms with van der Waals surface area (Å²) >= 11 is 0. The van der Waals surface area contributed by atoms with Crippen molar-refractivity contribution in [3.05, 3.63) is 6.20 Å². The fourth-order valence-corrected chi connectivity index (χ4v) is 0.210. The minimum absolute atomic E-state index is 0. The van der Waals surface area contributed by atoms with E-state index in [-0.39, 0.29) is 29.6 Å². The van der Waals surface area contributed by atoms with Gasteiger partial charge in [-0.15, -0.1) is 5.10 Å². The van der Waals surface area contributed by atoms with E-state index in [1.54, 1.807) is 0 Å². The number of rotatable bonds is 0. The number of hydrogen-bond donors (Lipinski definition) is 2. The zero-order valence-electron chi connectivity index (χ0n) is 4.05. The predicted octanol–water partition coefficient (Wildman–Crippen LogP) is -0.994. The molecule has 0 saturated heterocycles. The van der Waals surface area contributed by atoms with Crippen LogP contribution in [0.15, 0.2) is 6.20 Å². The summed E-state index contributed by atoms with van der Waals surface area (Å²) in [5.41, 5.74) is 5.07. The monoisotopic (exact) mass is 107 g/mol. The third-order valence-corrected chi connectivity index (χ3v) is 0.436. The van der Waals surface area contributed by atoms with Gasteiger partial charge in [0.25, 0.3) is 0 Å². The van der Waals surface area contributed by atoms with Crippen LogP contribution in [0.5, 0.6) is 0 Å². The van der Waals surface area contributed by atoms with Gasteiger partial charge in [0.1, 0.15) is 0 Å². The summed E-state index contributed by atoms with van der Waals surface area (Å²) < 4.78 is 0. The Balaban J connectivity index is 0.000000360. The van der Waals surface area contributed by atoms with Gasteiger partial charge in [0.05, 0.1) is 6.20 Å². The van der Waals surface area contributed by atoms with Gasteiger partial charge < -0.3 is 5.73 Å². The maximum absolute atomic E-state index is 5.07. The van der Waals surface area contributed by atoms with E-state index >= 15 is 0 Å². The number of aromatic nitrogens is 3. The number of hydrogen-bond acceptors (Lipinski definition) is 3. The van der Waals surface area contributed by atoms with E-state index in [2.05, 4.69) is 15.4 Å². The standard InChI is InChI=1S/C2H4N4.Na/c3-2-1-4-6-5-2;/h1H,(H3,3,4,5,6);. The first-order chi connectivity index (χ1) is 2.89. The molecule has 33 valence electrons. The fourth-order valence-electron chi connectivity index (χ4n) is 0.210. The molecular formula is C2H4N4Na. The maximum atomic E-state index is 5.07. The zero-order valence-corrected chi connectivity index (χ0v) is 6.05. The van der Waals surface area contributed by atoms with E-state index in [9.17, 15) is 0 Å². The van der Waals surface area contributed by atoms with Crippen LogP contribution in [-0.4, -0.2) is 45.0 Å². The molecule has 5 heteroatoms. The van der Waals surface area contributed by atoms with E-state index in [1.807, 2.05) is 0 Å². The van der Waals surface area contributed by atoms with E-state index in [0.29, 0.717) is 5.82 Å². The first-order valence-corrected chi connectivity index (χ1v) is 1.51. The number of aromatic amines is 1. The Kier molecular flexibility index (Phi) is 2.98. The van der Waals surface area contributed by atoms with Crippen LogP contribution in [0.1, 0.15) is 0 Å². The Morgan fingerprint density at radius 3 is 2.57 bits per heavy atom. The van der Waals surface area contributed by atoms with Gasteiger partial charge in [0.2, 0.25) is 0 Å². The minimum atomic E-state index is 0. The summed E-state index contributed by atoms with van der Waals surface area (Å²) in [7, 11) is 0. The molecule has 0 spiro atoms. The topological polar surface area (TPSA) is 67.6 Å². The van der Waals surface area contributed by atoms with E-state index < -0.39 is 0 Å². The Morgan fingerprint density at radius 1 is 1.71 bits per heavy atom. The molecule has 0 aliphatic rings. The molecule has 4 nitrogen and oxygen atoms in total. The minimum Gasteiger partial charge on any atom is -0.381 e. The van der Waals surface area contributed by atoms with Gasteiger partial charge in [-0.2, -0.15) is 0 Å². The van der Waals surface area contributed by atoms with Crippen molar-refractivity contribution < 1.29 is 0 Å². The molecule has 1 radical (unpaired) electrons. The van der Waals surface area contributed by atoms with Crippen molar-refractivity contribution in [2.75, 3.05) is 5.73 Å². The van der Waals surface area contributed by atoms with Crippen LogP contribution in [0, 0.1) is 0 Å². The van der Waals surface area contributed by atoms with Crippen LogP contribution >= 0.6 is 0 Å². The number of anilines is 1. The largest absolute Gasteiger partial charge is 0.381 e. The molecular weight excluding hydrogens is 103 g/mol. The van der Waals surface area contributed by atoms with Crippen molar-refractivity contribution in [3.8, 4) is 0 Å². The molecule has 1 rings (SSSR count). The first-order valence-electron chi connectivity index (χ1n) is 1.51. The summed E-state index contributed by atoms with van der Waals surface area (Å²) in [6.45, 7) is 0. The van der Waals surface area contributed by atoms with Crippen LogP contribution in [0.25, 0.3) is 0 Å². The second kappa shape index (κ2) is 3.01. The Morgan fingerprint density at radius 2 is 2.43 bits per heavy atom. The summed E-state index contributed by atoms with van der Waals surface area (Å²) in [4.78, 5) is 0. The molecule has 3 N–H and O–H groups in total. The van der Waals surface area contributed by atoms with E-state index in [4.69, 9.17) is 5.73 Å². The summed E-state index contributed by atoms with van der Waals surface area (Å²) in [5, 5.41) is 9.15. The summed E-state index contributed by atoms with van der Waals surface area (Å²) in [6.07, 6.45) is 1.51. The van der Waals surface area contributed by atoms with E-state index in [1.165, 1.54) is 6.20 Å². The third kappa shape index (κ3) is 1.91. The molecule has 0 aromatic carbocycles. The predicted molar refractivity (Wildman–Crippen MR) is 26.5 cm³/mol. The van der Waals surface area contributed by atoms with Crippen molar-refractivity contribution in [3.63, 3.8) is 0 Å². The molecule has 0 atom stereocenters. The fraction of sp³-hybridized carbons (Fsp3) is 0. The SMILES string of the molecule is Nc1c[nH]nn1.[Na]. The Hall–Kier alpha value is -0.0600. The van der Waals surface area contributed by atoms with Gasteiger partial charge in [-0.1, -0.05) is 5.21 Å². The van der Waals surface area contributed by atoms with Crippen LogP contribution in [0.3, 0.4) is 0 Å². The van der Waals surface area contributed by atoms with Gasteiger partial charge >= 0.3 is 0 Å². The molecule has 1 aromatic heterocycles. The van der Waals surface area contributed by atoms with Crippen LogP contribution in [-0.2, 0) is 0 Å². The summed E-state index contributed by atoms with van der Waals surface area (Å²) in [6, 6.07) is 0. The first kappa shape index (κ1) is 6.94. The van der Waals surface area contributed by atoms with Crippen molar-refractivity contribution in [2.24, 2.45) is 0 Å². The second-order valence-corrected chi connectivity index (χ2v) is 0.898. The molecule has 0 amide bonds. The summed E-state index contributed by atoms with van der Waals surface area (Å²) in [5.74, 6) is 0.426. The number of nitrogen functional groups attached to an aromatic ring is 1. The van der Waals surface area contributed by atoms with Crippen molar-refractivity contribution in [1.29, 1.82) is 0 Å². The van der Waals surface area contributed by atoms with Gasteiger partial charge in [0.15, 0.2) is 5.82 Å². The smallest absolute Gasteiger partial charge is 0.165 e. The van der Waals surface area contributed by atoms with Gasteiger partial charge in [-0.3, -0.25) is 5.10 Å². The molecule has 1 heterocycles. The van der Waals surface area contributed by atoms with Crippen molar-refractivity contribution >= 4 is 35.4 Å². The number of nitrogens with one attached hydrogen (secondary N) is 1. The molecule has 0 aliphatic heterocycles. The molecule has 1 aromatic rings.